The Morgan fingerprint density at radius 3 is 2.48 bits per heavy atom. The summed E-state index contributed by atoms with van der Waals surface area (Å²) in [5, 5.41) is 36.0. The van der Waals surface area contributed by atoms with Crippen molar-refractivity contribution >= 4 is 40.1 Å². The molecule has 3 aromatic heterocycles. The molecule has 1 aliphatic heterocycles. The molecule has 4 heterocycles. The van der Waals surface area contributed by atoms with Crippen molar-refractivity contribution in [3.8, 4) is 0 Å². The highest BCUT2D eigenvalue weighted by Gasteiger charge is 2.44. The van der Waals surface area contributed by atoms with Gasteiger partial charge in [0.1, 0.15) is 29.6 Å². The summed E-state index contributed by atoms with van der Waals surface area (Å²) < 4.78 is 7.03. The van der Waals surface area contributed by atoms with Crippen molar-refractivity contribution in [1.82, 2.24) is 24.5 Å². The zero-order valence-corrected chi connectivity index (χ0v) is 17.3. The number of imidazole rings is 1. The van der Waals surface area contributed by atoms with E-state index in [9.17, 15) is 15.3 Å². The Labute approximate surface area is 187 Å². The number of rotatable bonds is 6. The van der Waals surface area contributed by atoms with Gasteiger partial charge in [0.05, 0.1) is 24.8 Å². The van der Waals surface area contributed by atoms with Crippen molar-refractivity contribution in [2.24, 2.45) is 0 Å². The smallest absolute Gasteiger partial charge is 0.231 e. The third kappa shape index (κ3) is 4.03. The Morgan fingerprint density at radius 2 is 1.79 bits per heavy atom. The maximum absolute atomic E-state index is 10.4. The zero-order chi connectivity index (χ0) is 22.9. The first-order valence-corrected chi connectivity index (χ1v) is 10.2. The van der Waals surface area contributed by atoms with E-state index in [2.05, 4.69) is 30.6 Å². The van der Waals surface area contributed by atoms with E-state index in [1.165, 1.54) is 10.9 Å². The molecular formula is C21H22N8O4. The number of hydrogen-bond donors (Lipinski definition) is 6. The van der Waals surface area contributed by atoms with E-state index in [0.29, 0.717) is 22.7 Å². The number of aliphatic hydroxyl groups is 3. The molecule has 0 amide bonds. The van der Waals surface area contributed by atoms with Gasteiger partial charge < -0.3 is 36.4 Å². The van der Waals surface area contributed by atoms with Gasteiger partial charge in [-0.3, -0.25) is 4.57 Å². The van der Waals surface area contributed by atoms with Crippen molar-refractivity contribution in [2.75, 3.05) is 23.0 Å². The van der Waals surface area contributed by atoms with Crippen LogP contribution in [0.4, 0.5) is 29.0 Å². The number of aromatic nitrogens is 5. The van der Waals surface area contributed by atoms with Crippen LogP contribution < -0.4 is 16.4 Å². The molecule has 0 saturated carbocycles. The van der Waals surface area contributed by atoms with Crippen molar-refractivity contribution in [3.05, 3.63) is 55.0 Å². The van der Waals surface area contributed by atoms with Gasteiger partial charge in [-0.05, 0) is 24.3 Å². The van der Waals surface area contributed by atoms with Gasteiger partial charge in [-0.2, -0.15) is 9.97 Å². The molecule has 170 valence electrons. The van der Waals surface area contributed by atoms with Gasteiger partial charge in [-0.25, -0.2) is 9.97 Å². The number of fused-ring (bicyclic) bond motifs is 1. The van der Waals surface area contributed by atoms with Crippen molar-refractivity contribution in [1.29, 1.82) is 0 Å². The summed E-state index contributed by atoms with van der Waals surface area (Å²) in [5.41, 5.74) is 8.23. The first-order chi connectivity index (χ1) is 16.0. The van der Waals surface area contributed by atoms with E-state index in [4.69, 9.17) is 10.5 Å². The molecule has 0 unspecified atom stereocenters. The molecule has 4 aromatic rings. The number of hydrogen-bond acceptors (Lipinski definition) is 11. The van der Waals surface area contributed by atoms with Crippen molar-refractivity contribution < 1.29 is 20.1 Å². The summed E-state index contributed by atoms with van der Waals surface area (Å²) in [6, 6.07) is 13.3. The number of nitrogens with zero attached hydrogens (tertiary/aromatic N) is 5. The highest BCUT2D eigenvalue weighted by Crippen LogP contribution is 2.32. The molecule has 33 heavy (non-hydrogen) atoms. The van der Waals surface area contributed by atoms with Gasteiger partial charge in [0.25, 0.3) is 0 Å². The molecule has 1 aliphatic rings. The molecule has 0 radical (unpaired) electrons. The third-order valence-corrected chi connectivity index (χ3v) is 5.31. The lowest BCUT2D eigenvalue weighted by Gasteiger charge is -2.17. The fourth-order valence-corrected chi connectivity index (χ4v) is 3.63. The molecule has 0 spiro atoms. The summed E-state index contributed by atoms with van der Waals surface area (Å²) in [6.07, 6.45) is -1.42. The number of anilines is 5. The van der Waals surface area contributed by atoms with Crippen LogP contribution in [0.25, 0.3) is 11.2 Å². The highest BCUT2D eigenvalue weighted by molar-refractivity contribution is 5.83. The maximum Gasteiger partial charge on any atom is 0.231 e. The predicted molar refractivity (Wildman–Crippen MR) is 120 cm³/mol. The number of ether oxygens (including phenoxy) is 1. The maximum atomic E-state index is 10.4. The van der Waals surface area contributed by atoms with Crippen LogP contribution in [0.15, 0.2) is 55.0 Å². The second-order valence-corrected chi connectivity index (χ2v) is 7.53. The molecule has 1 fully saturated rings. The monoisotopic (exact) mass is 450 g/mol. The third-order valence-electron chi connectivity index (χ3n) is 5.31. The van der Waals surface area contributed by atoms with Gasteiger partial charge in [0, 0.05) is 5.69 Å². The van der Waals surface area contributed by atoms with Crippen LogP contribution in [-0.2, 0) is 4.74 Å². The highest BCUT2D eigenvalue weighted by atomic mass is 16.6. The first-order valence-electron chi connectivity index (χ1n) is 10.2. The summed E-state index contributed by atoms with van der Waals surface area (Å²) in [5.74, 6) is 0.993. The second kappa shape index (κ2) is 8.60. The van der Waals surface area contributed by atoms with Crippen molar-refractivity contribution in [2.45, 2.75) is 24.5 Å². The number of nitrogens with two attached hydrogens (primary N) is 1. The minimum atomic E-state index is -1.28. The van der Waals surface area contributed by atoms with Gasteiger partial charge in [0.2, 0.25) is 5.95 Å². The first kappa shape index (κ1) is 21.0. The summed E-state index contributed by atoms with van der Waals surface area (Å²) in [7, 11) is 0. The fraction of sp³-hybridized carbons (Fsp3) is 0.238. The lowest BCUT2D eigenvalue weighted by Crippen LogP contribution is -2.33. The van der Waals surface area contributed by atoms with Gasteiger partial charge in [-0.1, -0.05) is 18.2 Å². The molecule has 7 N–H and O–H groups in total. The van der Waals surface area contributed by atoms with Gasteiger partial charge in [0.15, 0.2) is 17.7 Å². The lowest BCUT2D eigenvalue weighted by molar-refractivity contribution is -0.0511. The van der Waals surface area contributed by atoms with Crippen LogP contribution in [0.2, 0.25) is 0 Å². The number of nitrogen functional groups attached to an aromatic ring is 1. The molecule has 1 saturated heterocycles. The van der Waals surface area contributed by atoms with E-state index in [0.717, 1.165) is 5.69 Å². The number of aliphatic hydroxyl groups excluding tert-OH is 3. The van der Waals surface area contributed by atoms with Crippen LogP contribution in [0.3, 0.4) is 0 Å². The zero-order valence-electron chi connectivity index (χ0n) is 17.3. The molecule has 0 bridgehead atoms. The van der Waals surface area contributed by atoms with Gasteiger partial charge >= 0.3 is 0 Å². The Hall–Kier alpha value is -3.84. The number of nitrogens with one attached hydrogen (secondary N) is 2. The predicted octanol–water partition coefficient (Wildman–Crippen LogP) is 0.902. The number of pyridine rings is 1. The van der Waals surface area contributed by atoms with E-state index >= 15 is 0 Å². The van der Waals surface area contributed by atoms with E-state index < -0.39 is 31.1 Å². The molecule has 4 atom stereocenters. The molecule has 0 aliphatic carbocycles. The standard InChI is InChI=1S/C21H22N8O4/c22-18-15-19(29(10-24-15)20-17(32)16(31)13(9-30)33-20)28-21(27-18)26-12-6-7-14(23-8-12)25-11-4-2-1-3-5-11/h1-8,10,13,16-17,20,30-32H,9H2,(H,23,25)(H3,22,26,27,28)/t13-,16-,17-,20-/m1/s1. The Balaban J connectivity index is 1.38. The van der Waals surface area contributed by atoms with Gasteiger partial charge in [-0.15, -0.1) is 0 Å². The largest absolute Gasteiger partial charge is 0.394 e. The topological polar surface area (TPSA) is 176 Å². The fourth-order valence-electron chi connectivity index (χ4n) is 3.63. The quantitative estimate of drug-likeness (QED) is 0.246. The molecule has 5 rings (SSSR count). The normalized spacial score (nSPS) is 22.5. The van der Waals surface area contributed by atoms with Crippen LogP contribution in [0, 0.1) is 0 Å². The molecule has 12 heteroatoms. The minimum Gasteiger partial charge on any atom is -0.394 e. The molecule has 12 nitrogen and oxygen atoms in total. The SMILES string of the molecule is Nc1nc(Nc2ccc(Nc3ccccc3)nc2)nc2c1ncn2[C@@H]1O[C@H](CO)[C@@H](O)[C@H]1O. The average molecular weight is 450 g/mol. The lowest BCUT2D eigenvalue weighted by atomic mass is 10.1. The molecule has 1 aromatic carbocycles. The molecular weight excluding hydrogens is 428 g/mol. The number of benzene rings is 1. The Bertz CT molecular complexity index is 1250. The van der Waals surface area contributed by atoms with Crippen molar-refractivity contribution in [3.63, 3.8) is 0 Å². The minimum absolute atomic E-state index is 0.128. The summed E-state index contributed by atoms with van der Waals surface area (Å²) >= 11 is 0. The van der Waals surface area contributed by atoms with Crippen LogP contribution >= 0.6 is 0 Å². The van der Waals surface area contributed by atoms with E-state index in [1.54, 1.807) is 12.3 Å². The summed E-state index contributed by atoms with van der Waals surface area (Å²) in [4.78, 5) is 17.3. The Morgan fingerprint density at radius 1 is 0.970 bits per heavy atom. The Kier molecular flexibility index (Phi) is 5.48. The van der Waals surface area contributed by atoms with Crippen LogP contribution in [-0.4, -0.2) is 64.7 Å². The van der Waals surface area contributed by atoms with Crippen LogP contribution in [0.1, 0.15) is 6.23 Å². The second-order valence-electron chi connectivity index (χ2n) is 7.53. The number of para-hydroxylation sites is 1. The van der Waals surface area contributed by atoms with Crippen LogP contribution in [0.5, 0.6) is 0 Å². The van der Waals surface area contributed by atoms with E-state index in [1.807, 2.05) is 36.4 Å². The average Bonchev–Trinajstić information content (AvgIpc) is 3.37. The summed E-state index contributed by atoms with van der Waals surface area (Å²) in [6.45, 7) is -0.437. The van der Waals surface area contributed by atoms with E-state index in [-0.39, 0.29) is 11.8 Å².